The molecule has 0 aliphatic carbocycles. The molecule has 0 aliphatic heterocycles. The van der Waals surface area contributed by atoms with Crippen molar-refractivity contribution in [1.82, 2.24) is 14.7 Å². The summed E-state index contributed by atoms with van der Waals surface area (Å²) in [5.74, 6) is -0.438. The van der Waals surface area contributed by atoms with Gasteiger partial charge in [0.2, 0.25) is 11.8 Å². The molecular weight excluding hydrogens is 396 g/mol. The van der Waals surface area contributed by atoms with E-state index in [1.54, 1.807) is 6.92 Å². The second-order valence-electron chi connectivity index (χ2n) is 5.61. The lowest BCUT2D eigenvalue weighted by Crippen LogP contribution is -2.35. The molecule has 2 aromatic rings. The number of sulfonamides is 1. The topological polar surface area (TPSA) is 144 Å². The van der Waals surface area contributed by atoms with Crippen LogP contribution >= 0.6 is 0 Å². The monoisotopic (exact) mass is 414 g/mol. The normalized spacial score (nSPS) is 11.7. The van der Waals surface area contributed by atoms with Crippen LogP contribution in [0.2, 0.25) is 0 Å². The maximum atomic E-state index is 12.5. The number of nitrogens with zero attached hydrogens (tertiary/aromatic N) is 2. The molecule has 146 valence electrons. The van der Waals surface area contributed by atoms with E-state index in [9.17, 15) is 21.6 Å². The molecule has 0 fully saturated rings. The maximum absolute atomic E-state index is 12.5. The molecule has 27 heavy (non-hydrogen) atoms. The Kier molecular flexibility index (Phi) is 6.01. The summed E-state index contributed by atoms with van der Waals surface area (Å²) >= 11 is 0. The van der Waals surface area contributed by atoms with Crippen molar-refractivity contribution in [3.8, 4) is 5.88 Å². The number of rotatable bonds is 6. The summed E-state index contributed by atoms with van der Waals surface area (Å²) < 4.78 is 54.8. The van der Waals surface area contributed by atoms with Crippen LogP contribution in [0.25, 0.3) is 0 Å². The van der Waals surface area contributed by atoms with Crippen molar-refractivity contribution in [1.29, 1.82) is 0 Å². The number of aryl methyl sites for hydroxylation is 1. The van der Waals surface area contributed by atoms with Crippen molar-refractivity contribution < 1.29 is 26.4 Å². The Labute approximate surface area is 157 Å². The fourth-order valence-electron chi connectivity index (χ4n) is 2.17. The summed E-state index contributed by atoms with van der Waals surface area (Å²) in [6.45, 7) is 1.64. The van der Waals surface area contributed by atoms with Gasteiger partial charge in [-0.1, -0.05) is 18.2 Å². The highest BCUT2D eigenvalue weighted by Crippen LogP contribution is 2.18. The Hall–Kier alpha value is -2.73. The molecule has 2 rings (SSSR count). The predicted molar refractivity (Wildman–Crippen MR) is 97.7 cm³/mol. The quantitative estimate of drug-likeness (QED) is 0.708. The standard InChI is InChI=1S/C15H18N4O6S2/c1-10-8-13(25-2)17-14(16-10)18-15(20)19-27(23,24)12-7-5-4-6-11(12)9-26(3,21)22/h4-8H,9H2,1-3H3,(H2,16,17,18,19,20). The van der Waals surface area contributed by atoms with E-state index in [0.29, 0.717) is 5.69 Å². The number of aromatic nitrogens is 2. The second kappa shape index (κ2) is 7.88. The third-order valence-corrected chi connectivity index (χ3v) is 5.44. The van der Waals surface area contributed by atoms with Crippen LogP contribution < -0.4 is 14.8 Å². The van der Waals surface area contributed by atoms with Crippen LogP contribution in [0.15, 0.2) is 35.2 Å². The van der Waals surface area contributed by atoms with Crippen LogP contribution in [0, 0.1) is 6.92 Å². The number of anilines is 1. The third kappa shape index (κ3) is 5.89. The minimum atomic E-state index is -4.32. The van der Waals surface area contributed by atoms with E-state index in [1.807, 2.05) is 4.72 Å². The molecule has 1 heterocycles. The Bertz CT molecular complexity index is 1070. The van der Waals surface area contributed by atoms with Gasteiger partial charge in [0.1, 0.15) is 0 Å². The number of hydrogen-bond donors (Lipinski definition) is 2. The van der Waals surface area contributed by atoms with Gasteiger partial charge in [-0.3, -0.25) is 5.32 Å². The van der Waals surface area contributed by atoms with Crippen molar-refractivity contribution in [2.45, 2.75) is 17.6 Å². The first-order valence-corrected chi connectivity index (χ1v) is 11.0. The minimum absolute atomic E-state index is 0.0498. The number of hydrogen-bond acceptors (Lipinski definition) is 8. The zero-order chi connectivity index (χ0) is 20.2. The van der Waals surface area contributed by atoms with E-state index < -0.39 is 31.6 Å². The van der Waals surface area contributed by atoms with Crippen LogP contribution in [0.3, 0.4) is 0 Å². The number of sulfone groups is 1. The van der Waals surface area contributed by atoms with Gasteiger partial charge < -0.3 is 4.74 Å². The van der Waals surface area contributed by atoms with Crippen LogP contribution in [-0.4, -0.2) is 46.2 Å². The molecule has 0 bridgehead atoms. The van der Waals surface area contributed by atoms with Gasteiger partial charge in [-0.25, -0.2) is 31.3 Å². The van der Waals surface area contributed by atoms with E-state index in [2.05, 4.69) is 15.3 Å². The number of benzene rings is 1. The summed E-state index contributed by atoms with van der Waals surface area (Å²) in [5.41, 5.74) is 0.548. The first-order chi connectivity index (χ1) is 12.5. The Morgan fingerprint density at radius 2 is 1.81 bits per heavy atom. The lowest BCUT2D eigenvalue weighted by atomic mass is 10.2. The molecule has 12 heteroatoms. The summed E-state index contributed by atoms with van der Waals surface area (Å²) in [4.78, 5) is 19.6. The van der Waals surface area contributed by atoms with E-state index in [1.165, 1.54) is 37.4 Å². The number of carbonyl (C=O) groups is 1. The van der Waals surface area contributed by atoms with Gasteiger partial charge in [-0.05, 0) is 18.6 Å². The average Bonchev–Trinajstić information content (AvgIpc) is 2.52. The molecule has 2 N–H and O–H groups in total. The number of methoxy groups -OCH3 is 1. The van der Waals surface area contributed by atoms with Gasteiger partial charge in [-0.2, -0.15) is 4.98 Å². The molecule has 0 radical (unpaired) electrons. The van der Waals surface area contributed by atoms with Gasteiger partial charge in [-0.15, -0.1) is 0 Å². The van der Waals surface area contributed by atoms with Crippen LogP contribution in [0.4, 0.5) is 10.7 Å². The first-order valence-electron chi connectivity index (χ1n) is 7.49. The lowest BCUT2D eigenvalue weighted by molar-refractivity contribution is 0.256. The predicted octanol–water partition coefficient (Wildman–Crippen LogP) is 0.849. The zero-order valence-corrected chi connectivity index (χ0v) is 16.4. The minimum Gasteiger partial charge on any atom is -0.481 e. The molecule has 0 atom stereocenters. The van der Waals surface area contributed by atoms with Crippen molar-refractivity contribution in [3.05, 3.63) is 41.6 Å². The average molecular weight is 414 g/mol. The molecule has 0 unspecified atom stereocenters. The van der Waals surface area contributed by atoms with Crippen molar-refractivity contribution >= 4 is 31.8 Å². The van der Waals surface area contributed by atoms with Crippen LogP contribution in [0.5, 0.6) is 5.88 Å². The van der Waals surface area contributed by atoms with E-state index in [0.717, 1.165) is 6.26 Å². The van der Waals surface area contributed by atoms with Gasteiger partial charge in [0.25, 0.3) is 10.0 Å². The van der Waals surface area contributed by atoms with Crippen molar-refractivity contribution in [2.24, 2.45) is 0 Å². The summed E-state index contributed by atoms with van der Waals surface area (Å²) in [5, 5.41) is 2.20. The van der Waals surface area contributed by atoms with Crippen LogP contribution in [-0.2, 0) is 25.6 Å². The second-order valence-corrected chi connectivity index (χ2v) is 9.40. The molecule has 0 saturated heterocycles. The van der Waals surface area contributed by atoms with Gasteiger partial charge in [0.05, 0.1) is 17.8 Å². The van der Waals surface area contributed by atoms with Crippen LogP contribution in [0.1, 0.15) is 11.3 Å². The highest BCUT2D eigenvalue weighted by molar-refractivity contribution is 7.91. The Morgan fingerprint density at radius 1 is 1.15 bits per heavy atom. The summed E-state index contributed by atoms with van der Waals surface area (Å²) in [6, 6.07) is 5.93. The molecule has 10 nitrogen and oxygen atoms in total. The van der Waals surface area contributed by atoms with Gasteiger partial charge in [0, 0.05) is 18.0 Å². The lowest BCUT2D eigenvalue weighted by Gasteiger charge is -2.11. The molecule has 0 saturated carbocycles. The summed E-state index contributed by atoms with van der Waals surface area (Å²) in [7, 11) is -6.41. The molecule has 1 aromatic heterocycles. The highest BCUT2D eigenvalue weighted by atomic mass is 32.2. The SMILES string of the molecule is COc1cc(C)nc(NC(=O)NS(=O)(=O)c2ccccc2CS(C)(=O)=O)n1. The number of carbonyl (C=O) groups excluding carboxylic acids is 1. The molecule has 0 aliphatic rings. The van der Waals surface area contributed by atoms with Crippen molar-refractivity contribution in [2.75, 3.05) is 18.7 Å². The highest BCUT2D eigenvalue weighted by Gasteiger charge is 2.23. The Morgan fingerprint density at radius 3 is 2.44 bits per heavy atom. The van der Waals surface area contributed by atoms with Crippen molar-refractivity contribution in [3.63, 3.8) is 0 Å². The maximum Gasteiger partial charge on any atom is 0.335 e. The smallest absolute Gasteiger partial charge is 0.335 e. The molecule has 0 spiro atoms. The fourth-order valence-corrected chi connectivity index (χ4v) is 4.23. The van der Waals surface area contributed by atoms with Gasteiger partial charge >= 0.3 is 6.03 Å². The van der Waals surface area contributed by atoms with Gasteiger partial charge in [0.15, 0.2) is 9.84 Å². The third-order valence-electron chi connectivity index (χ3n) is 3.17. The van der Waals surface area contributed by atoms with E-state index >= 15 is 0 Å². The zero-order valence-electron chi connectivity index (χ0n) is 14.8. The number of nitrogens with one attached hydrogen (secondary N) is 2. The molecular formula is C15H18N4O6S2. The van der Waals surface area contributed by atoms with E-state index in [-0.39, 0.29) is 22.3 Å². The molecule has 2 amide bonds. The first kappa shape index (κ1) is 20.6. The number of ether oxygens (including phenoxy) is 1. The fraction of sp³-hybridized carbons (Fsp3) is 0.267. The van der Waals surface area contributed by atoms with E-state index in [4.69, 9.17) is 4.74 Å². The summed E-state index contributed by atoms with van der Waals surface area (Å²) in [6.07, 6.45) is 0.985. The Balaban J connectivity index is 2.24. The number of urea groups is 1. The molecule has 1 aromatic carbocycles. The number of amides is 2. The largest absolute Gasteiger partial charge is 0.481 e.